The van der Waals surface area contributed by atoms with Crippen molar-refractivity contribution in [3.05, 3.63) is 59.7 Å². The van der Waals surface area contributed by atoms with E-state index in [-0.39, 0.29) is 36.8 Å². The third kappa shape index (κ3) is 5.18. The Hall–Kier alpha value is -3.35. The lowest BCUT2D eigenvalue weighted by molar-refractivity contribution is -0.142. The molecule has 3 atom stereocenters. The van der Waals surface area contributed by atoms with Crippen LogP contribution in [0, 0.1) is 11.8 Å². The predicted octanol–water partition coefficient (Wildman–Crippen LogP) is 3.92. The molecule has 2 aromatic rings. The van der Waals surface area contributed by atoms with E-state index in [1.54, 1.807) is 0 Å². The number of alkyl carbamates (subject to hydrolysis) is 1. The first-order valence-corrected chi connectivity index (χ1v) is 11.5. The minimum Gasteiger partial charge on any atom is -0.481 e. The monoisotopic (exact) mass is 450 g/mol. The van der Waals surface area contributed by atoms with Gasteiger partial charge in [0.25, 0.3) is 0 Å². The van der Waals surface area contributed by atoms with Crippen molar-refractivity contribution in [1.82, 2.24) is 10.6 Å². The van der Waals surface area contributed by atoms with Gasteiger partial charge in [-0.2, -0.15) is 0 Å². The highest BCUT2D eigenvalue weighted by molar-refractivity contribution is 5.79. The van der Waals surface area contributed by atoms with Crippen molar-refractivity contribution >= 4 is 18.0 Å². The second-order valence-corrected chi connectivity index (χ2v) is 9.07. The SMILES string of the molecule is CC(CNC(=O)OCC1c2ccccc2-c2ccccc21)CC(=O)N[C@@H]1CCC[C@@H]1C(=O)O. The smallest absolute Gasteiger partial charge is 0.407 e. The summed E-state index contributed by atoms with van der Waals surface area (Å²) in [6.45, 7) is 2.41. The Morgan fingerprint density at radius 3 is 2.30 bits per heavy atom. The minimum absolute atomic E-state index is 0.0000519. The fourth-order valence-electron chi connectivity index (χ4n) is 4.99. The van der Waals surface area contributed by atoms with Gasteiger partial charge in [0.15, 0.2) is 0 Å². The molecule has 7 heteroatoms. The third-order valence-electron chi connectivity index (χ3n) is 6.65. The number of fused-ring (bicyclic) bond motifs is 3. The summed E-state index contributed by atoms with van der Waals surface area (Å²) in [6.07, 6.45) is 1.80. The number of hydrogen-bond donors (Lipinski definition) is 3. The predicted molar refractivity (Wildman–Crippen MR) is 124 cm³/mol. The fourth-order valence-corrected chi connectivity index (χ4v) is 4.99. The van der Waals surface area contributed by atoms with Crippen LogP contribution in [0.1, 0.15) is 49.7 Å². The molecule has 174 valence electrons. The highest BCUT2D eigenvalue weighted by Crippen LogP contribution is 2.44. The molecule has 2 aromatic carbocycles. The fraction of sp³-hybridized carbons (Fsp3) is 0.423. The van der Waals surface area contributed by atoms with Crippen LogP contribution in [0.15, 0.2) is 48.5 Å². The first-order valence-electron chi connectivity index (χ1n) is 11.5. The maximum atomic E-state index is 12.3. The molecular weight excluding hydrogens is 420 g/mol. The van der Waals surface area contributed by atoms with Crippen LogP contribution in [-0.4, -0.2) is 42.3 Å². The summed E-state index contributed by atoms with van der Waals surface area (Å²) in [5, 5.41) is 14.8. The number of hydrogen-bond acceptors (Lipinski definition) is 4. The number of carboxylic acids is 1. The molecule has 33 heavy (non-hydrogen) atoms. The summed E-state index contributed by atoms with van der Waals surface area (Å²) in [4.78, 5) is 35.9. The van der Waals surface area contributed by atoms with Crippen molar-refractivity contribution in [2.24, 2.45) is 11.8 Å². The van der Waals surface area contributed by atoms with Crippen molar-refractivity contribution in [2.45, 2.75) is 44.6 Å². The van der Waals surface area contributed by atoms with Crippen LogP contribution in [0.4, 0.5) is 4.79 Å². The molecule has 2 aliphatic rings. The molecule has 1 unspecified atom stereocenters. The van der Waals surface area contributed by atoms with Crippen LogP contribution in [-0.2, 0) is 14.3 Å². The van der Waals surface area contributed by atoms with E-state index in [0.717, 1.165) is 17.5 Å². The van der Waals surface area contributed by atoms with E-state index in [4.69, 9.17) is 4.74 Å². The number of carbonyl (C=O) groups excluding carboxylic acids is 2. The van der Waals surface area contributed by atoms with Gasteiger partial charge in [-0.15, -0.1) is 0 Å². The van der Waals surface area contributed by atoms with Gasteiger partial charge < -0.3 is 20.5 Å². The van der Waals surface area contributed by atoms with Crippen LogP contribution >= 0.6 is 0 Å². The van der Waals surface area contributed by atoms with Crippen molar-refractivity contribution < 1.29 is 24.2 Å². The average Bonchev–Trinajstić information content (AvgIpc) is 3.39. The lowest BCUT2D eigenvalue weighted by Crippen LogP contribution is -2.41. The van der Waals surface area contributed by atoms with Crippen molar-refractivity contribution in [3.8, 4) is 11.1 Å². The average molecular weight is 451 g/mol. The minimum atomic E-state index is -0.859. The normalized spacial score (nSPS) is 19.9. The Morgan fingerprint density at radius 2 is 1.67 bits per heavy atom. The van der Waals surface area contributed by atoms with Gasteiger partial charge in [-0.3, -0.25) is 9.59 Å². The molecule has 3 N–H and O–H groups in total. The van der Waals surface area contributed by atoms with Crippen molar-refractivity contribution in [3.63, 3.8) is 0 Å². The van der Waals surface area contributed by atoms with Crippen molar-refractivity contribution in [2.75, 3.05) is 13.2 Å². The maximum absolute atomic E-state index is 12.3. The van der Waals surface area contributed by atoms with E-state index in [2.05, 4.69) is 34.9 Å². The van der Waals surface area contributed by atoms with Crippen LogP contribution in [0.25, 0.3) is 11.1 Å². The van der Waals surface area contributed by atoms with Crippen LogP contribution in [0.3, 0.4) is 0 Å². The van der Waals surface area contributed by atoms with Crippen LogP contribution in [0.2, 0.25) is 0 Å². The molecular formula is C26H30N2O5. The highest BCUT2D eigenvalue weighted by atomic mass is 16.5. The first kappa shape index (κ1) is 22.8. The van der Waals surface area contributed by atoms with Gasteiger partial charge in [-0.05, 0) is 41.0 Å². The number of ether oxygens (including phenoxy) is 1. The van der Waals surface area contributed by atoms with Gasteiger partial charge >= 0.3 is 12.1 Å². The molecule has 0 spiro atoms. The van der Waals surface area contributed by atoms with Gasteiger partial charge in [-0.1, -0.05) is 61.9 Å². The number of amides is 2. The lowest BCUT2D eigenvalue weighted by atomic mass is 9.98. The molecule has 2 aliphatic carbocycles. The number of carbonyl (C=O) groups is 3. The van der Waals surface area contributed by atoms with Gasteiger partial charge in [0.1, 0.15) is 6.61 Å². The quantitative estimate of drug-likeness (QED) is 0.565. The first-order chi connectivity index (χ1) is 15.9. The Kier molecular flexibility index (Phi) is 6.96. The Balaban J connectivity index is 1.23. The summed E-state index contributed by atoms with van der Waals surface area (Å²) in [7, 11) is 0. The number of rotatable bonds is 8. The van der Waals surface area contributed by atoms with E-state index in [1.165, 1.54) is 11.1 Å². The van der Waals surface area contributed by atoms with Gasteiger partial charge in [-0.25, -0.2) is 4.79 Å². The van der Waals surface area contributed by atoms with Gasteiger partial charge in [0.2, 0.25) is 5.91 Å². The Labute approximate surface area is 193 Å². The maximum Gasteiger partial charge on any atom is 0.407 e. The Morgan fingerprint density at radius 1 is 1.03 bits per heavy atom. The van der Waals surface area contributed by atoms with Gasteiger partial charge in [0, 0.05) is 24.9 Å². The van der Waals surface area contributed by atoms with E-state index >= 15 is 0 Å². The van der Waals surface area contributed by atoms with Crippen LogP contribution < -0.4 is 10.6 Å². The van der Waals surface area contributed by atoms with E-state index in [0.29, 0.717) is 19.4 Å². The summed E-state index contributed by atoms with van der Waals surface area (Å²) >= 11 is 0. The molecule has 0 aliphatic heterocycles. The second-order valence-electron chi connectivity index (χ2n) is 9.07. The zero-order valence-corrected chi connectivity index (χ0v) is 18.8. The molecule has 0 bridgehead atoms. The van der Waals surface area contributed by atoms with Gasteiger partial charge in [0.05, 0.1) is 5.92 Å². The third-order valence-corrected chi connectivity index (χ3v) is 6.65. The molecule has 7 nitrogen and oxygen atoms in total. The second kappa shape index (κ2) is 10.1. The number of nitrogens with one attached hydrogen (secondary N) is 2. The number of carboxylic acid groups (broad SMARTS) is 1. The topological polar surface area (TPSA) is 105 Å². The standard InChI is InChI=1S/C26H30N2O5/c1-16(13-24(29)28-23-12-6-11-21(23)25(30)31)14-27-26(32)33-15-22-19-9-4-2-7-17(19)18-8-3-5-10-20(18)22/h2-5,7-10,16,21-23H,6,11-15H2,1H3,(H,27,32)(H,28,29)(H,30,31)/t16?,21-,23+/m0/s1. The summed E-state index contributed by atoms with van der Waals surface area (Å²) in [6, 6.07) is 16.0. The van der Waals surface area contributed by atoms with E-state index in [1.807, 2.05) is 31.2 Å². The summed E-state index contributed by atoms with van der Waals surface area (Å²) in [5.41, 5.74) is 4.66. The van der Waals surface area contributed by atoms with Crippen LogP contribution in [0.5, 0.6) is 0 Å². The zero-order valence-electron chi connectivity index (χ0n) is 18.8. The number of aliphatic carboxylic acids is 1. The molecule has 4 rings (SSSR count). The Bertz CT molecular complexity index is 991. The molecule has 0 aromatic heterocycles. The lowest BCUT2D eigenvalue weighted by Gasteiger charge is -2.19. The molecule has 1 saturated carbocycles. The molecule has 0 heterocycles. The summed E-state index contributed by atoms with van der Waals surface area (Å²) < 4.78 is 5.53. The molecule has 2 amide bonds. The van der Waals surface area contributed by atoms with E-state index in [9.17, 15) is 19.5 Å². The highest BCUT2D eigenvalue weighted by Gasteiger charge is 2.34. The van der Waals surface area contributed by atoms with E-state index < -0.39 is 18.0 Å². The summed E-state index contributed by atoms with van der Waals surface area (Å²) in [5.74, 6) is -1.66. The largest absolute Gasteiger partial charge is 0.481 e. The molecule has 0 radical (unpaired) electrons. The molecule has 1 fully saturated rings. The van der Waals surface area contributed by atoms with Crippen molar-refractivity contribution in [1.29, 1.82) is 0 Å². The molecule has 0 saturated heterocycles. The number of benzene rings is 2. The zero-order chi connectivity index (χ0) is 23.4.